The molecule has 0 aliphatic rings. The highest BCUT2D eigenvalue weighted by atomic mass is 16.6. The number of amides is 1. The third-order valence-corrected chi connectivity index (χ3v) is 2.19. The maximum atomic E-state index is 11.4. The van der Waals surface area contributed by atoms with E-state index in [1.807, 2.05) is 38.1 Å². The fourth-order valence-electron chi connectivity index (χ4n) is 1.51. The Hall–Kier alpha value is -2.10. The first-order valence-corrected chi connectivity index (χ1v) is 5.47. The lowest BCUT2D eigenvalue weighted by molar-refractivity contribution is 0.130. The standard InChI is InChI=1S/C13H14N2O2/c1-9(2)17-13(16)15-11-5-6-12-10(8-11)4-3-7-14-12/h3-9H,1-2H3,(H,15,16). The smallest absolute Gasteiger partial charge is 0.411 e. The highest BCUT2D eigenvalue weighted by Gasteiger charge is 2.05. The van der Waals surface area contributed by atoms with Gasteiger partial charge in [0.2, 0.25) is 0 Å². The Balaban J connectivity index is 2.17. The highest BCUT2D eigenvalue weighted by molar-refractivity contribution is 5.89. The predicted octanol–water partition coefficient (Wildman–Crippen LogP) is 3.19. The molecule has 0 spiro atoms. The zero-order valence-electron chi connectivity index (χ0n) is 9.81. The number of benzene rings is 1. The van der Waals surface area contributed by atoms with Gasteiger partial charge in [-0.3, -0.25) is 10.3 Å². The molecule has 4 heteroatoms. The van der Waals surface area contributed by atoms with E-state index in [4.69, 9.17) is 4.74 Å². The van der Waals surface area contributed by atoms with Gasteiger partial charge in [0.15, 0.2) is 0 Å². The molecule has 1 aromatic carbocycles. The van der Waals surface area contributed by atoms with Crippen LogP contribution in [0, 0.1) is 0 Å². The van der Waals surface area contributed by atoms with Crippen molar-refractivity contribution in [2.75, 3.05) is 5.32 Å². The quantitative estimate of drug-likeness (QED) is 0.861. The summed E-state index contributed by atoms with van der Waals surface area (Å²) in [6.07, 6.45) is 1.17. The van der Waals surface area contributed by atoms with E-state index >= 15 is 0 Å². The summed E-state index contributed by atoms with van der Waals surface area (Å²) in [5.41, 5.74) is 1.60. The summed E-state index contributed by atoms with van der Waals surface area (Å²) in [5.74, 6) is 0. The molecule has 0 aliphatic carbocycles. The number of carbonyl (C=O) groups is 1. The zero-order chi connectivity index (χ0) is 12.3. The first-order chi connectivity index (χ1) is 8.15. The monoisotopic (exact) mass is 230 g/mol. The Morgan fingerprint density at radius 3 is 2.94 bits per heavy atom. The number of rotatable bonds is 2. The van der Waals surface area contributed by atoms with Crippen molar-refractivity contribution in [2.24, 2.45) is 0 Å². The average molecular weight is 230 g/mol. The maximum absolute atomic E-state index is 11.4. The summed E-state index contributed by atoms with van der Waals surface area (Å²) in [4.78, 5) is 15.6. The molecule has 0 radical (unpaired) electrons. The first-order valence-electron chi connectivity index (χ1n) is 5.47. The fraction of sp³-hybridized carbons (Fsp3) is 0.231. The van der Waals surface area contributed by atoms with Crippen LogP contribution >= 0.6 is 0 Å². The average Bonchev–Trinajstić information content (AvgIpc) is 2.27. The van der Waals surface area contributed by atoms with Crippen LogP contribution in [-0.2, 0) is 4.74 Å². The van der Waals surface area contributed by atoms with Crippen LogP contribution in [-0.4, -0.2) is 17.2 Å². The number of hydrogen-bond donors (Lipinski definition) is 1. The minimum Gasteiger partial charge on any atom is -0.447 e. The van der Waals surface area contributed by atoms with E-state index in [2.05, 4.69) is 10.3 Å². The molecule has 0 aliphatic heterocycles. The summed E-state index contributed by atoms with van der Waals surface area (Å²) in [6.45, 7) is 3.62. The Morgan fingerprint density at radius 1 is 1.35 bits per heavy atom. The molecule has 0 fully saturated rings. The van der Waals surface area contributed by atoms with E-state index in [9.17, 15) is 4.79 Å². The number of nitrogens with zero attached hydrogens (tertiary/aromatic N) is 1. The molecule has 0 atom stereocenters. The number of anilines is 1. The van der Waals surface area contributed by atoms with Gasteiger partial charge in [-0.05, 0) is 38.1 Å². The van der Waals surface area contributed by atoms with Crippen LogP contribution in [0.4, 0.5) is 10.5 Å². The van der Waals surface area contributed by atoms with Crippen molar-refractivity contribution in [3.63, 3.8) is 0 Å². The molecular formula is C13H14N2O2. The lowest BCUT2D eigenvalue weighted by Crippen LogP contribution is -2.17. The molecule has 0 saturated carbocycles. The van der Waals surface area contributed by atoms with Crippen molar-refractivity contribution < 1.29 is 9.53 Å². The van der Waals surface area contributed by atoms with E-state index in [1.54, 1.807) is 12.3 Å². The Bertz CT molecular complexity index is 538. The maximum Gasteiger partial charge on any atom is 0.411 e. The molecule has 0 bridgehead atoms. The zero-order valence-corrected chi connectivity index (χ0v) is 9.81. The summed E-state index contributed by atoms with van der Waals surface area (Å²) < 4.78 is 5.00. The van der Waals surface area contributed by atoms with Crippen LogP contribution in [0.25, 0.3) is 10.9 Å². The topological polar surface area (TPSA) is 51.2 Å². The number of aromatic nitrogens is 1. The van der Waals surface area contributed by atoms with Gasteiger partial charge in [-0.2, -0.15) is 0 Å². The summed E-state index contributed by atoms with van der Waals surface area (Å²) in [6, 6.07) is 9.33. The van der Waals surface area contributed by atoms with Gasteiger partial charge in [-0.25, -0.2) is 4.79 Å². The van der Waals surface area contributed by atoms with Crippen molar-refractivity contribution in [2.45, 2.75) is 20.0 Å². The molecule has 1 aromatic heterocycles. The Morgan fingerprint density at radius 2 is 2.18 bits per heavy atom. The SMILES string of the molecule is CC(C)OC(=O)Nc1ccc2ncccc2c1. The van der Waals surface area contributed by atoms with Crippen LogP contribution in [0.1, 0.15) is 13.8 Å². The van der Waals surface area contributed by atoms with Crippen molar-refractivity contribution >= 4 is 22.7 Å². The van der Waals surface area contributed by atoms with Gasteiger partial charge in [0.25, 0.3) is 0 Å². The third kappa shape index (κ3) is 2.93. The summed E-state index contributed by atoms with van der Waals surface area (Å²) >= 11 is 0. The number of pyridine rings is 1. The van der Waals surface area contributed by atoms with Gasteiger partial charge in [0.05, 0.1) is 11.6 Å². The molecular weight excluding hydrogens is 216 g/mol. The second kappa shape index (κ2) is 4.82. The van der Waals surface area contributed by atoms with Crippen molar-refractivity contribution in [3.8, 4) is 0 Å². The molecule has 0 unspecified atom stereocenters. The van der Waals surface area contributed by atoms with Crippen LogP contribution < -0.4 is 5.32 Å². The van der Waals surface area contributed by atoms with Crippen molar-refractivity contribution in [1.29, 1.82) is 0 Å². The molecule has 17 heavy (non-hydrogen) atoms. The molecule has 0 saturated heterocycles. The summed E-state index contributed by atoms with van der Waals surface area (Å²) in [5, 5.41) is 3.66. The van der Waals surface area contributed by atoms with E-state index in [0.29, 0.717) is 5.69 Å². The Labute approximate surface area is 99.6 Å². The van der Waals surface area contributed by atoms with Crippen LogP contribution in [0.15, 0.2) is 36.5 Å². The van der Waals surface area contributed by atoms with Gasteiger partial charge < -0.3 is 4.74 Å². The fourth-order valence-corrected chi connectivity index (χ4v) is 1.51. The second-order valence-electron chi connectivity index (χ2n) is 3.99. The molecule has 1 heterocycles. The molecule has 1 amide bonds. The van der Waals surface area contributed by atoms with Gasteiger partial charge in [-0.1, -0.05) is 6.07 Å². The van der Waals surface area contributed by atoms with Gasteiger partial charge >= 0.3 is 6.09 Å². The van der Waals surface area contributed by atoms with E-state index in [1.165, 1.54) is 0 Å². The first kappa shape index (κ1) is 11.4. The molecule has 88 valence electrons. The van der Waals surface area contributed by atoms with E-state index < -0.39 is 6.09 Å². The minimum absolute atomic E-state index is 0.128. The predicted molar refractivity (Wildman–Crippen MR) is 67.0 cm³/mol. The third-order valence-electron chi connectivity index (χ3n) is 2.19. The molecule has 1 N–H and O–H groups in total. The highest BCUT2D eigenvalue weighted by Crippen LogP contribution is 2.17. The van der Waals surface area contributed by atoms with Gasteiger partial charge in [-0.15, -0.1) is 0 Å². The number of fused-ring (bicyclic) bond motifs is 1. The van der Waals surface area contributed by atoms with Crippen molar-refractivity contribution in [1.82, 2.24) is 4.98 Å². The van der Waals surface area contributed by atoms with Crippen LogP contribution in [0.3, 0.4) is 0 Å². The molecule has 2 rings (SSSR count). The van der Waals surface area contributed by atoms with Gasteiger partial charge in [0.1, 0.15) is 0 Å². The normalized spacial score (nSPS) is 10.5. The second-order valence-corrected chi connectivity index (χ2v) is 3.99. The molecule has 4 nitrogen and oxygen atoms in total. The number of carbonyl (C=O) groups excluding carboxylic acids is 1. The van der Waals surface area contributed by atoms with Gasteiger partial charge in [0, 0.05) is 17.3 Å². The number of hydrogen-bond acceptors (Lipinski definition) is 3. The number of ether oxygens (including phenoxy) is 1. The summed E-state index contributed by atoms with van der Waals surface area (Å²) in [7, 11) is 0. The minimum atomic E-state index is -0.441. The largest absolute Gasteiger partial charge is 0.447 e. The lowest BCUT2D eigenvalue weighted by Gasteiger charge is -2.09. The van der Waals surface area contributed by atoms with Crippen LogP contribution in [0.2, 0.25) is 0 Å². The lowest BCUT2D eigenvalue weighted by atomic mass is 10.2. The Kier molecular flexibility index (Phi) is 3.23. The van der Waals surface area contributed by atoms with Crippen molar-refractivity contribution in [3.05, 3.63) is 36.5 Å². The van der Waals surface area contributed by atoms with E-state index in [-0.39, 0.29) is 6.10 Å². The molecule has 2 aromatic rings. The number of nitrogens with one attached hydrogen (secondary N) is 1. The van der Waals surface area contributed by atoms with E-state index in [0.717, 1.165) is 10.9 Å². The van der Waals surface area contributed by atoms with Crippen LogP contribution in [0.5, 0.6) is 0 Å².